The highest BCUT2D eigenvalue weighted by Gasteiger charge is 2.44. The van der Waals surface area contributed by atoms with Gasteiger partial charge in [0.05, 0.1) is 19.1 Å². The lowest BCUT2D eigenvalue weighted by Crippen LogP contribution is -2.54. The van der Waals surface area contributed by atoms with Crippen molar-refractivity contribution in [1.29, 1.82) is 0 Å². The predicted molar refractivity (Wildman–Crippen MR) is 160 cm³/mol. The van der Waals surface area contributed by atoms with Gasteiger partial charge in [0, 0.05) is 5.92 Å². The minimum atomic E-state index is -1.51. The van der Waals surface area contributed by atoms with Gasteiger partial charge in [0.25, 0.3) is 0 Å². The van der Waals surface area contributed by atoms with Crippen LogP contribution >= 0.6 is 0 Å². The molecule has 10 nitrogen and oxygen atoms in total. The minimum absolute atomic E-state index is 0.0488. The van der Waals surface area contributed by atoms with E-state index < -0.39 is 65.4 Å². The molecule has 4 atom stereocenters. The fourth-order valence-corrected chi connectivity index (χ4v) is 4.73. The number of fused-ring (bicyclic) bond motifs is 1. The van der Waals surface area contributed by atoms with Crippen LogP contribution in [0, 0.1) is 11.8 Å². The zero-order valence-electron chi connectivity index (χ0n) is 26.7. The quantitative estimate of drug-likeness (QED) is 0.298. The SMILES string of the molecule is CC(C)C(=O)OC1C(Cc2cccc3ccccc23)COC[C@H](N(C(=O)OC(C)(C)C)C(=O)OC(C)(C)C)C(=O)O[C@H]1C. The van der Waals surface area contributed by atoms with E-state index in [-0.39, 0.29) is 13.2 Å². The summed E-state index contributed by atoms with van der Waals surface area (Å²) in [6.07, 6.45) is -3.50. The lowest BCUT2D eigenvalue weighted by Gasteiger charge is -2.33. The summed E-state index contributed by atoms with van der Waals surface area (Å²) in [5.74, 6) is -2.21. The molecule has 43 heavy (non-hydrogen) atoms. The molecule has 1 aliphatic heterocycles. The van der Waals surface area contributed by atoms with Gasteiger partial charge in [0.2, 0.25) is 0 Å². The third-order valence-electron chi connectivity index (χ3n) is 6.69. The molecule has 2 amide bonds. The normalized spacial score (nSPS) is 21.7. The molecule has 0 aromatic heterocycles. The molecule has 0 saturated carbocycles. The van der Waals surface area contributed by atoms with Gasteiger partial charge >= 0.3 is 24.1 Å². The highest BCUT2D eigenvalue weighted by Crippen LogP contribution is 2.28. The molecule has 3 rings (SSSR count). The topological polar surface area (TPSA) is 118 Å². The summed E-state index contributed by atoms with van der Waals surface area (Å²) >= 11 is 0. The Hall–Kier alpha value is -3.66. The number of rotatable bonds is 5. The zero-order valence-corrected chi connectivity index (χ0v) is 26.7. The van der Waals surface area contributed by atoms with E-state index in [1.165, 1.54) is 0 Å². The molecule has 1 heterocycles. The molecule has 0 radical (unpaired) electrons. The fraction of sp³-hybridized carbons (Fsp3) is 0.576. The van der Waals surface area contributed by atoms with Crippen LogP contribution in [0.3, 0.4) is 0 Å². The first-order valence-electron chi connectivity index (χ1n) is 14.7. The summed E-state index contributed by atoms with van der Waals surface area (Å²) in [6.45, 7) is 14.6. The minimum Gasteiger partial charge on any atom is -0.458 e. The summed E-state index contributed by atoms with van der Waals surface area (Å²) in [7, 11) is 0. The van der Waals surface area contributed by atoms with Crippen molar-refractivity contribution in [3.05, 3.63) is 48.0 Å². The predicted octanol–water partition coefficient (Wildman–Crippen LogP) is 6.07. The number of hydrogen-bond acceptors (Lipinski definition) is 9. The molecule has 2 aromatic rings. The largest absolute Gasteiger partial charge is 0.458 e. The van der Waals surface area contributed by atoms with E-state index in [2.05, 4.69) is 0 Å². The highest BCUT2D eigenvalue weighted by molar-refractivity contribution is 5.94. The van der Waals surface area contributed by atoms with Gasteiger partial charge in [-0.1, -0.05) is 56.3 Å². The summed E-state index contributed by atoms with van der Waals surface area (Å²) < 4.78 is 28.7. The van der Waals surface area contributed by atoms with Crippen molar-refractivity contribution in [3.8, 4) is 0 Å². The number of imide groups is 1. The molecule has 1 fully saturated rings. The van der Waals surface area contributed by atoms with Crippen molar-refractivity contribution in [2.75, 3.05) is 13.2 Å². The summed E-state index contributed by atoms with van der Waals surface area (Å²) in [5.41, 5.74) is -0.919. The molecule has 0 spiro atoms. The van der Waals surface area contributed by atoms with Crippen LogP contribution in [0.5, 0.6) is 0 Å². The van der Waals surface area contributed by atoms with E-state index in [0.29, 0.717) is 11.3 Å². The highest BCUT2D eigenvalue weighted by atomic mass is 16.6. The Balaban J connectivity index is 2.00. The number of cyclic esters (lactones) is 1. The summed E-state index contributed by atoms with van der Waals surface area (Å²) in [4.78, 5) is 53.6. The van der Waals surface area contributed by atoms with Crippen LogP contribution in [0.15, 0.2) is 42.5 Å². The molecular formula is C33H45NO9. The Labute approximate surface area is 253 Å². The van der Waals surface area contributed by atoms with Crippen LogP contribution in [0.2, 0.25) is 0 Å². The van der Waals surface area contributed by atoms with Crippen LogP contribution in [-0.2, 0) is 39.7 Å². The maximum Gasteiger partial charge on any atom is 0.420 e. The molecule has 236 valence electrons. The zero-order chi connectivity index (χ0) is 32.1. The van der Waals surface area contributed by atoms with E-state index in [0.717, 1.165) is 16.3 Å². The molecular weight excluding hydrogens is 554 g/mol. The molecule has 1 saturated heterocycles. The molecule has 0 N–H and O–H groups in total. The fourth-order valence-electron chi connectivity index (χ4n) is 4.73. The number of carbonyl (C=O) groups excluding carboxylic acids is 4. The number of carbonyl (C=O) groups is 4. The first-order chi connectivity index (χ1) is 20.0. The second kappa shape index (κ2) is 13.8. The third kappa shape index (κ3) is 9.41. The van der Waals surface area contributed by atoms with Crippen LogP contribution < -0.4 is 0 Å². The van der Waals surface area contributed by atoms with Crippen molar-refractivity contribution in [2.24, 2.45) is 11.8 Å². The van der Waals surface area contributed by atoms with Gasteiger partial charge in [-0.15, -0.1) is 0 Å². The average molecular weight is 600 g/mol. The number of hydrogen-bond donors (Lipinski definition) is 0. The Kier molecular flexibility index (Phi) is 10.8. The Morgan fingerprint density at radius 1 is 0.907 bits per heavy atom. The number of amides is 2. The second-order valence-corrected chi connectivity index (χ2v) is 13.2. The van der Waals surface area contributed by atoms with Gasteiger partial charge in [-0.05, 0) is 71.2 Å². The van der Waals surface area contributed by atoms with E-state index in [1.54, 1.807) is 62.3 Å². The maximum absolute atomic E-state index is 13.6. The molecule has 0 bridgehead atoms. The van der Waals surface area contributed by atoms with E-state index >= 15 is 0 Å². The van der Waals surface area contributed by atoms with Gasteiger partial charge in [-0.2, -0.15) is 4.90 Å². The van der Waals surface area contributed by atoms with Crippen LogP contribution in [0.1, 0.15) is 67.9 Å². The second-order valence-electron chi connectivity index (χ2n) is 13.2. The lowest BCUT2D eigenvalue weighted by molar-refractivity contribution is -0.174. The van der Waals surface area contributed by atoms with Gasteiger partial charge in [-0.3, -0.25) is 4.79 Å². The van der Waals surface area contributed by atoms with Crippen molar-refractivity contribution >= 4 is 34.9 Å². The van der Waals surface area contributed by atoms with Gasteiger partial charge < -0.3 is 23.7 Å². The number of esters is 2. The number of ether oxygens (including phenoxy) is 5. The first-order valence-corrected chi connectivity index (χ1v) is 14.7. The van der Waals surface area contributed by atoms with Crippen LogP contribution in [-0.4, -0.2) is 71.7 Å². The van der Waals surface area contributed by atoms with Crippen molar-refractivity contribution in [1.82, 2.24) is 4.90 Å². The summed E-state index contributed by atoms with van der Waals surface area (Å²) in [6, 6.07) is 12.4. The van der Waals surface area contributed by atoms with Crippen molar-refractivity contribution in [2.45, 2.75) is 98.2 Å². The van der Waals surface area contributed by atoms with E-state index in [4.69, 9.17) is 23.7 Å². The Morgan fingerprint density at radius 3 is 2.07 bits per heavy atom. The Bertz CT molecular complexity index is 1270. The molecule has 1 aliphatic rings. The smallest absolute Gasteiger partial charge is 0.420 e. The third-order valence-corrected chi connectivity index (χ3v) is 6.69. The van der Waals surface area contributed by atoms with Crippen LogP contribution in [0.4, 0.5) is 9.59 Å². The van der Waals surface area contributed by atoms with Gasteiger partial charge in [0.15, 0.2) is 6.04 Å². The lowest BCUT2D eigenvalue weighted by atomic mass is 9.89. The standard InChI is InChI=1S/C33H45NO9/c1-20(2)28(35)41-27-21(3)40-29(36)26(34(30(37)42-32(4,5)6)31(38)43-33(7,8)9)19-39-18-24(27)17-23-15-12-14-22-13-10-11-16-25(22)23/h10-16,20-21,24,26-27H,17-19H2,1-9H3/t21-,24?,26-,27?/m0/s1. The van der Waals surface area contributed by atoms with Crippen LogP contribution in [0.25, 0.3) is 10.8 Å². The number of nitrogens with zero attached hydrogens (tertiary/aromatic N) is 1. The average Bonchev–Trinajstić information content (AvgIpc) is 2.92. The first kappa shape index (κ1) is 33.8. The number of benzene rings is 2. The molecule has 2 unspecified atom stereocenters. The molecule has 10 heteroatoms. The van der Waals surface area contributed by atoms with Gasteiger partial charge in [0.1, 0.15) is 23.4 Å². The van der Waals surface area contributed by atoms with E-state index in [9.17, 15) is 19.2 Å². The monoisotopic (exact) mass is 599 g/mol. The van der Waals surface area contributed by atoms with E-state index in [1.807, 2.05) is 42.5 Å². The maximum atomic E-state index is 13.6. The Morgan fingerprint density at radius 2 is 1.49 bits per heavy atom. The summed E-state index contributed by atoms with van der Waals surface area (Å²) in [5, 5.41) is 2.10. The van der Waals surface area contributed by atoms with Crippen molar-refractivity contribution in [3.63, 3.8) is 0 Å². The van der Waals surface area contributed by atoms with Crippen molar-refractivity contribution < 1.29 is 42.9 Å². The van der Waals surface area contributed by atoms with Gasteiger partial charge in [-0.25, -0.2) is 14.4 Å². The molecule has 0 aliphatic carbocycles. The molecule has 2 aromatic carbocycles.